The van der Waals surface area contributed by atoms with Gasteiger partial charge in [0.15, 0.2) is 5.96 Å². The summed E-state index contributed by atoms with van der Waals surface area (Å²) in [5, 5.41) is 9.38. The Hall–Kier alpha value is -1.40. The van der Waals surface area contributed by atoms with Gasteiger partial charge in [0.1, 0.15) is 0 Å². The van der Waals surface area contributed by atoms with Gasteiger partial charge < -0.3 is 10.6 Å². The molecule has 1 aromatic carbocycles. The lowest BCUT2D eigenvalue weighted by atomic mass is 10.2. The Morgan fingerprint density at radius 2 is 2.04 bits per heavy atom. The first-order valence-electron chi connectivity index (χ1n) is 8.93. The van der Waals surface area contributed by atoms with E-state index in [1.54, 1.807) is 18.4 Å². The number of sulfonamides is 1. The maximum atomic E-state index is 12.7. The summed E-state index contributed by atoms with van der Waals surface area (Å²) in [7, 11) is -1.68. The molecule has 2 aromatic rings. The predicted octanol–water partition coefficient (Wildman–Crippen LogP) is 2.17. The van der Waals surface area contributed by atoms with Crippen molar-refractivity contribution in [1.29, 1.82) is 0 Å². The Kier molecular flexibility index (Phi) is 8.50. The zero-order valence-electron chi connectivity index (χ0n) is 16.0. The predicted molar refractivity (Wildman–Crippen MR) is 127 cm³/mol. The summed E-state index contributed by atoms with van der Waals surface area (Å²) >= 11 is 1.64. The number of rotatable bonds is 7. The van der Waals surface area contributed by atoms with E-state index in [9.17, 15) is 8.42 Å². The van der Waals surface area contributed by atoms with Crippen LogP contribution < -0.4 is 14.9 Å². The van der Waals surface area contributed by atoms with Gasteiger partial charge in [-0.3, -0.25) is 9.30 Å². The van der Waals surface area contributed by atoms with Gasteiger partial charge in [0.25, 0.3) is 0 Å². The first-order valence-corrected chi connectivity index (χ1v) is 11.4. The van der Waals surface area contributed by atoms with Crippen molar-refractivity contribution in [3.63, 3.8) is 0 Å². The molecule has 0 unspecified atom stereocenters. The van der Waals surface area contributed by atoms with Gasteiger partial charge in [-0.1, -0.05) is 18.2 Å². The van der Waals surface area contributed by atoms with Crippen molar-refractivity contribution >= 4 is 57.0 Å². The summed E-state index contributed by atoms with van der Waals surface area (Å²) in [6.07, 6.45) is 1.57. The number of aromatic nitrogens is 1. The number of aliphatic imine (C=N–C) groups is 1. The third-order valence-electron chi connectivity index (χ3n) is 4.40. The normalized spacial score (nSPS) is 13.8. The lowest BCUT2D eigenvalue weighted by Crippen LogP contribution is -2.42. The van der Waals surface area contributed by atoms with Gasteiger partial charge in [-0.2, -0.15) is 0 Å². The minimum Gasteiger partial charge on any atom is -0.356 e. The monoisotopic (exact) mass is 535 g/mol. The fourth-order valence-corrected chi connectivity index (χ4v) is 5.13. The molecule has 0 amide bonds. The SMILES string of the molecule is CN=C(NCCc1csc(C)n1)NCCS(=O)(=O)N1CCc2ccccc21.I. The van der Waals surface area contributed by atoms with E-state index in [2.05, 4.69) is 20.6 Å². The van der Waals surface area contributed by atoms with Crippen molar-refractivity contribution < 1.29 is 8.42 Å². The summed E-state index contributed by atoms with van der Waals surface area (Å²) in [6.45, 7) is 3.49. The van der Waals surface area contributed by atoms with Crippen molar-refractivity contribution in [2.75, 3.05) is 36.7 Å². The highest BCUT2D eigenvalue weighted by Gasteiger charge is 2.28. The largest absolute Gasteiger partial charge is 0.356 e. The molecule has 1 aliphatic heterocycles. The molecule has 3 rings (SSSR count). The van der Waals surface area contributed by atoms with Crippen molar-refractivity contribution in [3.05, 3.63) is 45.9 Å². The van der Waals surface area contributed by atoms with Gasteiger partial charge in [0.05, 0.1) is 22.1 Å². The molecule has 0 saturated heterocycles. The summed E-state index contributed by atoms with van der Waals surface area (Å²) in [5.41, 5.74) is 2.94. The molecule has 0 bridgehead atoms. The molecule has 1 aromatic heterocycles. The summed E-state index contributed by atoms with van der Waals surface area (Å²) in [4.78, 5) is 8.57. The van der Waals surface area contributed by atoms with E-state index >= 15 is 0 Å². The standard InChI is InChI=1S/C18H25N5O2S2.HI/c1-14-22-16(13-26-14)7-9-20-18(19-2)21-10-12-27(24,25)23-11-8-15-5-3-4-6-17(15)23;/h3-6,13H,7-12H2,1-2H3,(H2,19,20,21);1H. The first kappa shape index (κ1) is 22.9. The van der Waals surface area contributed by atoms with Crippen LogP contribution in [0, 0.1) is 6.92 Å². The number of anilines is 1. The highest BCUT2D eigenvalue weighted by molar-refractivity contribution is 14.0. The van der Waals surface area contributed by atoms with Crippen molar-refractivity contribution in [3.8, 4) is 0 Å². The Balaban J connectivity index is 0.00000280. The molecule has 0 atom stereocenters. The van der Waals surface area contributed by atoms with E-state index in [4.69, 9.17) is 0 Å². The Morgan fingerprint density at radius 3 is 2.75 bits per heavy atom. The number of halogens is 1. The number of guanidine groups is 1. The van der Waals surface area contributed by atoms with Crippen LogP contribution >= 0.6 is 35.3 Å². The Morgan fingerprint density at radius 1 is 1.29 bits per heavy atom. The van der Waals surface area contributed by atoms with E-state index < -0.39 is 10.0 Å². The summed E-state index contributed by atoms with van der Waals surface area (Å²) < 4.78 is 26.9. The van der Waals surface area contributed by atoms with E-state index in [0.29, 0.717) is 25.6 Å². The lowest BCUT2D eigenvalue weighted by Gasteiger charge is -2.20. The van der Waals surface area contributed by atoms with E-state index in [1.807, 2.05) is 36.6 Å². The second-order valence-corrected chi connectivity index (χ2v) is 9.38. The highest BCUT2D eigenvalue weighted by Crippen LogP contribution is 2.29. The molecule has 0 aliphatic carbocycles. The van der Waals surface area contributed by atoms with Crippen LogP contribution in [0.25, 0.3) is 0 Å². The molecule has 2 heterocycles. The van der Waals surface area contributed by atoms with Gasteiger partial charge in [0, 0.05) is 38.5 Å². The van der Waals surface area contributed by atoms with E-state index in [0.717, 1.165) is 34.8 Å². The van der Waals surface area contributed by atoms with Crippen LogP contribution in [0.2, 0.25) is 0 Å². The summed E-state index contributed by atoms with van der Waals surface area (Å²) in [5.74, 6) is 0.617. The van der Waals surface area contributed by atoms with Crippen LogP contribution in [0.4, 0.5) is 5.69 Å². The molecule has 28 heavy (non-hydrogen) atoms. The molecular formula is C18H26IN5O2S2. The maximum absolute atomic E-state index is 12.7. The number of fused-ring (bicyclic) bond motifs is 1. The number of benzene rings is 1. The molecule has 7 nitrogen and oxygen atoms in total. The fraction of sp³-hybridized carbons (Fsp3) is 0.444. The van der Waals surface area contributed by atoms with Crippen molar-refractivity contribution in [2.24, 2.45) is 4.99 Å². The summed E-state index contributed by atoms with van der Waals surface area (Å²) in [6, 6.07) is 7.67. The number of para-hydroxylation sites is 1. The number of nitrogens with zero attached hydrogens (tertiary/aromatic N) is 3. The average molecular weight is 535 g/mol. The maximum Gasteiger partial charge on any atom is 0.236 e. The van der Waals surface area contributed by atoms with Gasteiger partial charge in [-0.25, -0.2) is 13.4 Å². The molecule has 1 aliphatic rings. The average Bonchev–Trinajstić information content (AvgIpc) is 3.26. The molecule has 2 N–H and O–H groups in total. The molecule has 10 heteroatoms. The quantitative estimate of drug-likeness (QED) is 0.323. The number of nitrogens with one attached hydrogen (secondary N) is 2. The third kappa shape index (κ3) is 5.80. The molecule has 154 valence electrons. The second kappa shape index (κ2) is 10.4. The smallest absolute Gasteiger partial charge is 0.236 e. The number of thiazole rings is 1. The zero-order chi connectivity index (χ0) is 19.3. The van der Waals surface area contributed by atoms with Crippen molar-refractivity contribution in [1.82, 2.24) is 15.6 Å². The number of hydrogen-bond donors (Lipinski definition) is 2. The minimum atomic E-state index is -3.36. The first-order chi connectivity index (χ1) is 13.0. The molecule has 0 saturated carbocycles. The van der Waals surface area contributed by atoms with Gasteiger partial charge in [-0.05, 0) is 25.0 Å². The van der Waals surface area contributed by atoms with Crippen LogP contribution in [0.5, 0.6) is 0 Å². The van der Waals surface area contributed by atoms with Crippen LogP contribution in [0.15, 0.2) is 34.6 Å². The fourth-order valence-electron chi connectivity index (χ4n) is 3.06. The minimum absolute atomic E-state index is 0. The van der Waals surface area contributed by atoms with E-state index in [-0.39, 0.29) is 29.7 Å². The molecular weight excluding hydrogens is 509 g/mol. The van der Waals surface area contributed by atoms with Crippen molar-refractivity contribution in [2.45, 2.75) is 19.8 Å². The number of aryl methyl sites for hydroxylation is 1. The Labute approximate surface area is 187 Å². The Bertz CT molecular complexity index is 914. The number of hydrogen-bond acceptors (Lipinski definition) is 5. The third-order valence-corrected chi connectivity index (χ3v) is 6.99. The topological polar surface area (TPSA) is 86.7 Å². The zero-order valence-corrected chi connectivity index (χ0v) is 20.0. The van der Waals surface area contributed by atoms with Gasteiger partial charge in [0.2, 0.25) is 10.0 Å². The van der Waals surface area contributed by atoms with Crippen LogP contribution in [0.1, 0.15) is 16.3 Å². The van der Waals surface area contributed by atoms with Gasteiger partial charge >= 0.3 is 0 Å². The van der Waals surface area contributed by atoms with Crippen LogP contribution in [-0.2, 0) is 22.9 Å². The van der Waals surface area contributed by atoms with E-state index in [1.165, 1.54) is 4.31 Å². The molecule has 0 radical (unpaired) electrons. The van der Waals surface area contributed by atoms with Crippen LogP contribution in [0.3, 0.4) is 0 Å². The van der Waals surface area contributed by atoms with Crippen LogP contribution in [-0.4, -0.2) is 51.8 Å². The van der Waals surface area contributed by atoms with Gasteiger partial charge in [-0.15, -0.1) is 35.3 Å². The molecule has 0 fully saturated rings. The highest BCUT2D eigenvalue weighted by atomic mass is 127. The molecule has 0 spiro atoms. The lowest BCUT2D eigenvalue weighted by molar-refractivity contribution is 0.591. The second-order valence-electron chi connectivity index (χ2n) is 6.30.